The van der Waals surface area contributed by atoms with E-state index in [2.05, 4.69) is 36.5 Å². The van der Waals surface area contributed by atoms with Crippen molar-refractivity contribution in [2.45, 2.75) is 6.42 Å². The van der Waals surface area contributed by atoms with Crippen LogP contribution >= 0.6 is 0 Å². The van der Waals surface area contributed by atoms with Gasteiger partial charge in [-0.15, -0.1) is 0 Å². The van der Waals surface area contributed by atoms with Crippen LogP contribution in [0.1, 0.15) is 6.42 Å². The van der Waals surface area contributed by atoms with E-state index in [1.165, 1.54) is 11.1 Å². The molecule has 2 aliphatic carbocycles. The zero-order valence-corrected chi connectivity index (χ0v) is 5.17. The summed E-state index contributed by atoms with van der Waals surface area (Å²) in [7, 11) is 0. The van der Waals surface area contributed by atoms with E-state index in [1.54, 1.807) is 0 Å². The Morgan fingerprint density at radius 1 is 1.11 bits per heavy atom. The summed E-state index contributed by atoms with van der Waals surface area (Å²) in [5.74, 6) is 0. The van der Waals surface area contributed by atoms with Gasteiger partial charge in [0.2, 0.25) is 0 Å². The molecule has 0 spiro atoms. The Bertz CT molecular complexity index is 237. The van der Waals surface area contributed by atoms with Gasteiger partial charge >= 0.3 is 0 Å². The summed E-state index contributed by atoms with van der Waals surface area (Å²) in [4.78, 5) is 0. The number of allylic oxidation sites excluding steroid dienone is 8. The van der Waals surface area contributed by atoms with Crippen molar-refractivity contribution < 1.29 is 0 Å². The van der Waals surface area contributed by atoms with Gasteiger partial charge < -0.3 is 0 Å². The Morgan fingerprint density at radius 2 is 2.00 bits per heavy atom. The third-order valence-electron chi connectivity index (χ3n) is 1.64. The van der Waals surface area contributed by atoms with Gasteiger partial charge in [0.1, 0.15) is 0 Å². The van der Waals surface area contributed by atoms with Crippen LogP contribution in [0.5, 0.6) is 0 Å². The lowest BCUT2D eigenvalue weighted by molar-refractivity contribution is 1.33. The second-order valence-electron chi connectivity index (χ2n) is 2.35. The first-order chi connectivity index (χ1) is 4.45. The van der Waals surface area contributed by atoms with E-state index in [4.69, 9.17) is 0 Å². The van der Waals surface area contributed by atoms with E-state index in [0.717, 1.165) is 6.42 Å². The summed E-state index contributed by atoms with van der Waals surface area (Å²) in [5, 5.41) is 0. The average Bonchev–Trinajstić information content (AvgIpc) is 2.09. The van der Waals surface area contributed by atoms with Crippen molar-refractivity contribution >= 4 is 0 Å². The highest BCUT2D eigenvalue weighted by Gasteiger charge is 2.01. The minimum atomic E-state index is 1.12. The first-order valence-corrected chi connectivity index (χ1v) is 3.21. The summed E-state index contributed by atoms with van der Waals surface area (Å²) in [6, 6.07) is 0. The van der Waals surface area contributed by atoms with Gasteiger partial charge in [0.25, 0.3) is 0 Å². The molecule has 0 heterocycles. The average molecular weight is 116 g/mol. The molecule has 0 unspecified atom stereocenters. The van der Waals surface area contributed by atoms with Crippen LogP contribution in [0.15, 0.2) is 47.6 Å². The quantitative estimate of drug-likeness (QED) is 0.455. The van der Waals surface area contributed by atoms with Crippen LogP contribution in [0.4, 0.5) is 0 Å². The fraction of sp³-hybridized carbons (Fsp3) is 0.111. The fourth-order valence-corrected chi connectivity index (χ4v) is 1.15. The highest BCUT2D eigenvalue weighted by molar-refractivity contribution is 5.47. The minimum absolute atomic E-state index is 1.12. The molecule has 2 rings (SSSR count). The van der Waals surface area contributed by atoms with Crippen molar-refractivity contribution in [2.75, 3.05) is 0 Å². The second-order valence-corrected chi connectivity index (χ2v) is 2.35. The predicted molar refractivity (Wildman–Crippen MR) is 39.1 cm³/mol. The van der Waals surface area contributed by atoms with Gasteiger partial charge in [0.15, 0.2) is 0 Å². The Kier molecular flexibility index (Phi) is 0.922. The molecule has 0 radical (unpaired) electrons. The number of hydrogen-bond donors (Lipinski definition) is 0. The van der Waals surface area contributed by atoms with Crippen molar-refractivity contribution in [3.63, 3.8) is 0 Å². The van der Waals surface area contributed by atoms with E-state index in [-0.39, 0.29) is 0 Å². The van der Waals surface area contributed by atoms with Crippen LogP contribution in [0.25, 0.3) is 0 Å². The largest absolute Gasteiger partial charge is 0.0729 e. The Labute approximate surface area is 54.9 Å². The lowest BCUT2D eigenvalue weighted by atomic mass is 10.2. The van der Waals surface area contributed by atoms with Crippen LogP contribution in [0, 0.1) is 0 Å². The molecule has 0 heteroatoms. The van der Waals surface area contributed by atoms with Gasteiger partial charge in [-0.2, -0.15) is 0 Å². The van der Waals surface area contributed by atoms with Gasteiger partial charge in [0, 0.05) is 0 Å². The standard InChI is InChI=1S/C9H8/c1-2-4-9-6-5-8(3-1)7-9/h1-5,7H,6H2. The molecule has 0 atom stereocenters. The van der Waals surface area contributed by atoms with Crippen LogP contribution in [0.2, 0.25) is 0 Å². The van der Waals surface area contributed by atoms with E-state index >= 15 is 0 Å². The fourth-order valence-electron chi connectivity index (χ4n) is 1.15. The van der Waals surface area contributed by atoms with E-state index in [0.29, 0.717) is 0 Å². The molecule has 0 N–H and O–H groups in total. The Balaban J connectivity index is 2.48. The third kappa shape index (κ3) is 0.765. The molecule has 2 bridgehead atoms. The molecule has 0 amide bonds. The van der Waals surface area contributed by atoms with Crippen LogP contribution in [-0.2, 0) is 0 Å². The number of hydrogen-bond acceptors (Lipinski definition) is 0. The lowest BCUT2D eigenvalue weighted by Gasteiger charge is -1.85. The van der Waals surface area contributed by atoms with Gasteiger partial charge in [-0.1, -0.05) is 36.5 Å². The summed E-state index contributed by atoms with van der Waals surface area (Å²) in [6.45, 7) is 0. The third-order valence-corrected chi connectivity index (χ3v) is 1.64. The molecule has 0 nitrogen and oxygen atoms in total. The Morgan fingerprint density at radius 3 is 3.00 bits per heavy atom. The Hall–Kier alpha value is -1.04. The molecule has 0 aromatic carbocycles. The van der Waals surface area contributed by atoms with Crippen LogP contribution < -0.4 is 0 Å². The maximum atomic E-state index is 2.25. The monoisotopic (exact) mass is 116 g/mol. The molecule has 9 heavy (non-hydrogen) atoms. The van der Waals surface area contributed by atoms with Gasteiger partial charge in [-0.05, 0) is 17.6 Å². The maximum Gasteiger partial charge on any atom is -0.00882 e. The van der Waals surface area contributed by atoms with Crippen molar-refractivity contribution in [2.24, 2.45) is 0 Å². The van der Waals surface area contributed by atoms with Crippen molar-refractivity contribution in [1.29, 1.82) is 0 Å². The smallest absolute Gasteiger partial charge is 0.00882 e. The highest BCUT2D eigenvalue weighted by Crippen LogP contribution is 2.21. The zero-order valence-electron chi connectivity index (χ0n) is 5.17. The summed E-state index contributed by atoms with van der Waals surface area (Å²) < 4.78 is 0. The maximum absolute atomic E-state index is 2.25. The summed E-state index contributed by atoms with van der Waals surface area (Å²) in [5.41, 5.74) is 2.78. The SMILES string of the molecule is C1=CC2=CCC(=C2)C=C1. The van der Waals surface area contributed by atoms with Crippen molar-refractivity contribution in [1.82, 2.24) is 0 Å². The van der Waals surface area contributed by atoms with Gasteiger partial charge in [-0.25, -0.2) is 0 Å². The first kappa shape index (κ1) is 4.80. The highest BCUT2D eigenvalue weighted by atomic mass is 14.1. The van der Waals surface area contributed by atoms with Gasteiger partial charge in [0.05, 0.1) is 0 Å². The summed E-state index contributed by atoms with van der Waals surface area (Å²) >= 11 is 0. The van der Waals surface area contributed by atoms with Gasteiger partial charge in [-0.3, -0.25) is 0 Å². The molecule has 2 aliphatic rings. The van der Waals surface area contributed by atoms with E-state index in [9.17, 15) is 0 Å². The molecule has 0 saturated heterocycles. The molecule has 0 aliphatic heterocycles. The number of fused-ring (bicyclic) bond motifs is 1. The molecule has 0 fully saturated rings. The molecule has 44 valence electrons. The predicted octanol–water partition coefficient (Wildman–Crippen LogP) is 2.37. The van der Waals surface area contributed by atoms with Crippen molar-refractivity contribution in [3.8, 4) is 0 Å². The van der Waals surface area contributed by atoms with Crippen molar-refractivity contribution in [3.05, 3.63) is 47.6 Å². The van der Waals surface area contributed by atoms with E-state index < -0.39 is 0 Å². The number of rotatable bonds is 0. The normalized spacial score (nSPS) is 21.3. The topological polar surface area (TPSA) is 0 Å². The van der Waals surface area contributed by atoms with E-state index in [1.807, 2.05) is 0 Å². The second kappa shape index (κ2) is 1.73. The lowest BCUT2D eigenvalue weighted by Crippen LogP contribution is -1.65. The zero-order chi connectivity index (χ0) is 6.10. The van der Waals surface area contributed by atoms with Crippen LogP contribution in [0.3, 0.4) is 0 Å². The summed E-state index contributed by atoms with van der Waals surface area (Å²) in [6.07, 6.45) is 14.1. The molecular formula is C9H8. The molecule has 0 aromatic rings. The van der Waals surface area contributed by atoms with Crippen LogP contribution in [-0.4, -0.2) is 0 Å². The molecule has 0 aromatic heterocycles. The molecular weight excluding hydrogens is 108 g/mol. The minimum Gasteiger partial charge on any atom is -0.0729 e. The molecule has 0 saturated carbocycles. The first-order valence-electron chi connectivity index (χ1n) is 3.21.